The summed E-state index contributed by atoms with van der Waals surface area (Å²) in [4.78, 5) is 0. The molecule has 1 spiro atoms. The molecule has 2 heterocycles. The van der Waals surface area contributed by atoms with E-state index in [4.69, 9.17) is 9.47 Å². The average molecular weight is 207 g/mol. The molecule has 0 unspecified atom stereocenters. The van der Waals surface area contributed by atoms with E-state index in [1.165, 1.54) is 10.6 Å². The van der Waals surface area contributed by atoms with Crippen molar-refractivity contribution in [1.82, 2.24) is 4.31 Å². The van der Waals surface area contributed by atoms with Gasteiger partial charge in [0.15, 0.2) is 5.79 Å². The van der Waals surface area contributed by atoms with Crippen LogP contribution in [-0.2, 0) is 19.5 Å². The number of sulfonamides is 1. The quantitative estimate of drug-likeness (QED) is 0.576. The van der Waals surface area contributed by atoms with Crippen LogP contribution in [0.2, 0.25) is 0 Å². The first-order valence-electron chi connectivity index (χ1n) is 4.25. The van der Waals surface area contributed by atoms with E-state index in [9.17, 15) is 8.42 Å². The van der Waals surface area contributed by atoms with Crippen LogP contribution >= 0.6 is 0 Å². The lowest BCUT2D eigenvalue weighted by molar-refractivity contribution is -0.142. The highest BCUT2D eigenvalue weighted by Crippen LogP contribution is 2.31. The van der Waals surface area contributed by atoms with Gasteiger partial charge in [0, 0.05) is 13.0 Å². The lowest BCUT2D eigenvalue weighted by atomic mass is 10.2. The second kappa shape index (κ2) is 2.91. The fourth-order valence-electron chi connectivity index (χ4n) is 1.74. The first kappa shape index (κ1) is 9.39. The molecule has 0 radical (unpaired) electrons. The SMILES string of the molecule is CS(=O)(=O)N1CCC2(C1)OCCO2. The Kier molecular flexibility index (Phi) is 2.10. The van der Waals surface area contributed by atoms with E-state index in [0.29, 0.717) is 32.7 Å². The van der Waals surface area contributed by atoms with Gasteiger partial charge in [0.2, 0.25) is 10.0 Å². The molecule has 2 aliphatic rings. The molecule has 5 nitrogen and oxygen atoms in total. The van der Waals surface area contributed by atoms with Gasteiger partial charge < -0.3 is 9.47 Å². The summed E-state index contributed by atoms with van der Waals surface area (Å²) in [5, 5.41) is 0. The van der Waals surface area contributed by atoms with Crippen LogP contribution in [0.1, 0.15) is 6.42 Å². The molecule has 0 aromatic rings. The van der Waals surface area contributed by atoms with Crippen LogP contribution in [0.25, 0.3) is 0 Å². The topological polar surface area (TPSA) is 55.8 Å². The zero-order valence-electron chi connectivity index (χ0n) is 7.52. The van der Waals surface area contributed by atoms with Crippen molar-refractivity contribution in [3.8, 4) is 0 Å². The minimum Gasteiger partial charge on any atom is -0.346 e. The Bertz CT molecular complexity index is 294. The predicted molar refractivity (Wildman–Crippen MR) is 45.7 cm³/mol. The van der Waals surface area contributed by atoms with Crippen LogP contribution in [0.15, 0.2) is 0 Å². The zero-order valence-corrected chi connectivity index (χ0v) is 8.34. The smallest absolute Gasteiger partial charge is 0.211 e. The van der Waals surface area contributed by atoms with Crippen molar-refractivity contribution in [3.63, 3.8) is 0 Å². The van der Waals surface area contributed by atoms with Gasteiger partial charge in [0.25, 0.3) is 0 Å². The summed E-state index contributed by atoms with van der Waals surface area (Å²) in [7, 11) is -3.09. The molecule has 0 aromatic heterocycles. The van der Waals surface area contributed by atoms with Gasteiger partial charge >= 0.3 is 0 Å². The van der Waals surface area contributed by atoms with Crippen molar-refractivity contribution in [1.29, 1.82) is 0 Å². The number of ether oxygens (including phenoxy) is 2. The van der Waals surface area contributed by atoms with Crippen LogP contribution in [0.5, 0.6) is 0 Å². The molecule has 6 heteroatoms. The maximum Gasteiger partial charge on any atom is 0.211 e. The molecule has 0 amide bonds. The Morgan fingerprint density at radius 3 is 2.38 bits per heavy atom. The van der Waals surface area contributed by atoms with Crippen molar-refractivity contribution in [2.24, 2.45) is 0 Å². The summed E-state index contributed by atoms with van der Waals surface area (Å²) >= 11 is 0. The normalized spacial score (nSPS) is 28.7. The second-order valence-corrected chi connectivity index (χ2v) is 5.44. The van der Waals surface area contributed by atoms with Gasteiger partial charge in [-0.2, -0.15) is 4.31 Å². The minimum atomic E-state index is -3.09. The standard InChI is InChI=1S/C7H13NO4S/c1-13(9,10)8-3-2-7(6-8)11-4-5-12-7/h2-6H2,1H3. The highest BCUT2D eigenvalue weighted by molar-refractivity contribution is 7.88. The fraction of sp³-hybridized carbons (Fsp3) is 1.00. The van der Waals surface area contributed by atoms with Crippen molar-refractivity contribution >= 4 is 10.0 Å². The number of rotatable bonds is 1. The molecule has 0 bridgehead atoms. The monoisotopic (exact) mass is 207 g/mol. The Hall–Kier alpha value is -0.170. The number of hydrogen-bond donors (Lipinski definition) is 0. The maximum atomic E-state index is 11.2. The molecule has 0 aliphatic carbocycles. The van der Waals surface area contributed by atoms with Crippen molar-refractivity contribution in [2.75, 3.05) is 32.6 Å². The molecule has 0 saturated carbocycles. The van der Waals surface area contributed by atoms with Gasteiger partial charge in [-0.05, 0) is 0 Å². The van der Waals surface area contributed by atoms with Gasteiger partial charge in [0.1, 0.15) is 0 Å². The van der Waals surface area contributed by atoms with Crippen molar-refractivity contribution < 1.29 is 17.9 Å². The summed E-state index contributed by atoms with van der Waals surface area (Å²) in [5.74, 6) is -0.636. The van der Waals surface area contributed by atoms with Crippen LogP contribution in [-0.4, -0.2) is 51.1 Å². The molecule has 0 N–H and O–H groups in total. The van der Waals surface area contributed by atoms with Gasteiger partial charge in [0.05, 0.1) is 26.0 Å². The molecule has 76 valence electrons. The minimum absolute atomic E-state index is 0.339. The van der Waals surface area contributed by atoms with Crippen LogP contribution < -0.4 is 0 Å². The maximum absolute atomic E-state index is 11.2. The molecule has 0 atom stereocenters. The average Bonchev–Trinajstić information content (AvgIpc) is 2.60. The Labute approximate surface area is 77.7 Å². The van der Waals surface area contributed by atoms with E-state index in [0.717, 1.165) is 0 Å². The Morgan fingerprint density at radius 2 is 1.92 bits per heavy atom. The molecule has 2 saturated heterocycles. The second-order valence-electron chi connectivity index (χ2n) is 3.45. The molecule has 0 aromatic carbocycles. The summed E-state index contributed by atoms with van der Waals surface area (Å²) < 4.78 is 34.6. The van der Waals surface area contributed by atoms with E-state index in [1.54, 1.807) is 0 Å². The van der Waals surface area contributed by atoms with Gasteiger partial charge in [-0.3, -0.25) is 0 Å². The molecular weight excluding hydrogens is 194 g/mol. The molecule has 2 aliphatic heterocycles. The van der Waals surface area contributed by atoms with Crippen molar-refractivity contribution in [2.45, 2.75) is 12.2 Å². The summed E-state index contributed by atoms with van der Waals surface area (Å²) in [6.45, 7) is 1.97. The highest BCUT2D eigenvalue weighted by atomic mass is 32.2. The van der Waals surface area contributed by atoms with E-state index < -0.39 is 15.8 Å². The first-order chi connectivity index (χ1) is 6.02. The van der Waals surface area contributed by atoms with E-state index in [1.807, 2.05) is 0 Å². The fourth-order valence-corrected chi connectivity index (χ4v) is 2.59. The Balaban J connectivity index is 2.09. The first-order valence-corrected chi connectivity index (χ1v) is 6.10. The highest BCUT2D eigenvalue weighted by Gasteiger charge is 2.45. The van der Waals surface area contributed by atoms with Gasteiger partial charge in [-0.15, -0.1) is 0 Å². The lowest BCUT2D eigenvalue weighted by Gasteiger charge is -2.21. The third-order valence-corrected chi connectivity index (χ3v) is 3.69. The largest absolute Gasteiger partial charge is 0.346 e. The molecular formula is C7H13NO4S. The third kappa shape index (κ3) is 1.71. The summed E-state index contributed by atoms with van der Waals surface area (Å²) in [6, 6.07) is 0. The van der Waals surface area contributed by atoms with Crippen LogP contribution in [0.4, 0.5) is 0 Å². The van der Waals surface area contributed by atoms with E-state index in [-0.39, 0.29) is 0 Å². The van der Waals surface area contributed by atoms with Crippen LogP contribution in [0, 0.1) is 0 Å². The molecule has 2 fully saturated rings. The molecule has 2 rings (SSSR count). The van der Waals surface area contributed by atoms with Gasteiger partial charge in [-0.25, -0.2) is 8.42 Å². The third-order valence-electron chi connectivity index (χ3n) is 2.44. The Morgan fingerprint density at radius 1 is 1.31 bits per heavy atom. The van der Waals surface area contributed by atoms with Crippen LogP contribution in [0.3, 0.4) is 0 Å². The van der Waals surface area contributed by atoms with Gasteiger partial charge in [-0.1, -0.05) is 0 Å². The number of nitrogens with zero attached hydrogens (tertiary/aromatic N) is 1. The van der Waals surface area contributed by atoms with Crippen molar-refractivity contribution in [3.05, 3.63) is 0 Å². The summed E-state index contributed by atoms with van der Waals surface area (Å²) in [5.41, 5.74) is 0. The van der Waals surface area contributed by atoms with E-state index >= 15 is 0 Å². The molecule has 13 heavy (non-hydrogen) atoms. The lowest BCUT2D eigenvalue weighted by Crippen LogP contribution is -2.36. The summed E-state index contributed by atoms with van der Waals surface area (Å²) in [6.07, 6.45) is 1.85. The zero-order chi connectivity index (χ0) is 9.53. The predicted octanol–water partition coefficient (Wildman–Crippen LogP) is -0.605. The number of hydrogen-bond acceptors (Lipinski definition) is 4. The van der Waals surface area contributed by atoms with E-state index in [2.05, 4.69) is 0 Å².